The third-order valence-electron chi connectivity index (χ3n) is 3.57. The van der Waals surface area contributed by atoms with Crippen LogP contribution < -0.4 is 10.2 Å². The molecule has 1 aliphatic rings. The zero-order chi connectivity index (χ0) is 14.9. The van der Waals surface area contributed by atoms with Gasteiger partial charge in [0.2, 0.25) is 5.91 Å². The van der Waals surface area contributed by atoms with E-state index in [2.05, 4.69) is 5.32 Å². The van der Waals surface area contributed by atoms with Crippen molar-refractivity contribution in [2.24, 2.45) is 5.92 Å². The Morgan fingerprint density at radius 3 is 2.35 bits per heavy atom. The number of carbonyl (C=O) groups is 2. The van der Waals surface area contributed by atoms with Gasteiger partial charge in [-0.3, -0.25) is 14.5 Å². The molecule has 4 nitrogen and oxygen atoms in total. The number of hydrogen-bond donors (Lipinski definition) is 1. The smallest absolute Gasteiger partial charge is 0.250 e. The molecule has 0 bridgehead atoms. The van der Waals surface area contributed by atoms with Gasteiger partial charge in [0, 0.05) is 5.69 Å². The first-order valence-corrected chi connectivity index (χ1v) is 6.84. The lowest BCUT2D eigenvalue weighted by Gasteiger charge is -2.40. The molecule has 2 rings (SSSR count). The van der Waals surface area contributed by atoms with Gasteiger partial charge in [-0.15, -0.1) is 0 Å². The lowest BCUT2D eigenvalue weighted by atomic mass is 9.96. The highest BCUT2D eigenvalue weighted by Gasteiger charge is 2.41. The fourth-order valence-electron chi connectivity index (χ4n) is 2.46. The summed E-state index contributed by atoms with van der Waals surface area (Å²) in [6, 6.07) is 4.59. The van der Waals surface area contributed by atoms with Crippen LogP contribution in [0, 0.1) is 11.7 Å². The summed E-state index contributed by atoms with van der Waals surface area (Å²) in [4.78, 5) is 26.2. The van der Waals surface area contributed by atoms with Gasteiger partial charge in [-0.2, -0.15) is 0 Å². The van der Waals surface area contributed by atoms with Crippen molar-refractivity contribution in [3.05, 3.63) is 30.1 Å². The molecule has 1 N–H and O–H groups in total. The van der Waals surface area contributed by atoms with Crippen LogP contribution in [0.5, 0.6) is 0 Å². The van der Waals surface area contributed by atoms with Crippen molar-refractivity contribution in [1.29, 1.82) is 0 Å². The highest BCUT2D eigenvalue weighted by molar-refractivity contribution is 6.08. The first-order chi connectivity index (χ1) is 9.45. The monoisotopic (exact) mass is 278 g/mol. The highest BCUT2D eigenvalue weighted by atomic mass is 19.1. The van der Waals surface area contributed by atoms with E-state index in [9.17, 15) is 14.0 Å². The molecular weight excluding hydrogens is 259 g/mol. The number of amides is 2. The average Bonchev–Trinajstić information content (AvgIpc) is 2.41. The molecule has 1 aromatic rings. The van der Waals surface area contributed by atoms with E-state index in [-0.39, 0.29) is 23.5 Å². The van der Waals surface area contributed by atoms with Crippen LogP contribution in [0.15, 0.2) is 24.3 Å². The Hall–Kier alpha value is -1.91. The number of rotatable bonds is 3. The Labute approximate surface area is 118 Å². The predicted molar refractivity (Wildman–Crippen MR) is 74.7 cm³/mol. The molecule has 2 amide bonds. The second kappa shape index (κ2) is 5.61. The van der Waals surface area contributed by atoms with Gasteiger partial charge in [0.05, 0.1) is 0 Å². The van der Waals surface area contributed by atoms with Crippen molar-refractivity contribution >= 4 is 17.5 Å². The molecule has 1 saturated heterocycles. The van der Waals surface area contributed by atoms with Gasteiger partial charge in [-0.05, 0) is 36.6 Å². The van der Waals surface area contributed by atoms with Crippen LogP contribution in [0.1, 0.15) is 27.2 Å². The van der Waals surface area contributed by atoms with Gasteiger partial charge in [-0.1, -0.05) is 20.8 Å². The van der Waals surface area contributed by atoms with E-state index < -0.39 is 12.1 Å². The molecule has 0 saturated carbocycles. The molecule has 0 spiro atoms. The van der Waals surface area contributed by atoms with Gasteiger partial charge in [-0.25, -0.2) is 4.39 Å². The maximum absolute atomic E-state index is 13.0. The summed E-state index contributed by atoms with van der Waals surface area (Å²) >= 11 is 0. The van der Waals surface area contributed by atoms with E-state index in [4.69, 9.17) is 0 Å². The SMILES string of the molecule is CCC1C(=O)NC(C(C)C)C(=O)N1c1ccc(F)cc1. The topological polar surface area (TPSA) is 49.4 Å². The molecule has 108 valence electrons. The van der Waals surface area contributed by atoms with Gasteiger partial charge < -0.3 is 5.32 Å². The van der Waals surface area contributed by atoms with Gasteiger partial charge in [0.1, 0.15) is 17.9 Å². The van der Waals surface area contributed by atoms with E-state index in [0.717, 1.165) is 0 Å². The summed E-state index contributed by atoms with van der Waals surface area (Å²) in [6.45, 7) is 5.62. The summed E-state index contributed by atoms with van der Waals surface area (Å²) in [5.41, 5.74) is 0.559. The molecule has 2 atom stereocenters. The average molecular weight is 278 g/mol. The Kier molecular flexibility index (Phi) is 4.06. The van der Waals surface area contributed by atoms with Gasteiger partial charge in [0.25, 0.3) is 5.91 Å². The minimum Gasteiger partial charge on any atom is -0.342 e. The standard InChI is InChI=1S/C15H19FN2O2/c1-4-12-14(19)17-13(9(2)3)15(20)18(12)11-7-5-10(16)6-8-11/h5-9,12-13H,4H2,1-3H3,(H,17,19). The number of nitrogens with one attached hydrogen (secondary N) is 1. The van der Waals surface area contributed by atoms with Crippen LogP contribution in [0.2, 0.25) is 0 Å². The van der Waals surface area contributed by atoms with E-state index in [1.54, 1.807) is 0 Å². The van der Waals surface area contributed by atoms with E-state index >= 15 is 0 Å². The van der Waals surface area contributed by atoms with Gasteiger partial charge >= 0.3 is 0 Å². The summed E-state index contributed by atoms with van der Waals surface area (Å²) in [6.07, 6.45) is 0.514. The van der Waals surface area contributed by atoms with Crippen LogP contribution in [0.25, 0.3) is 0 Å². The predicted octanol–water partition coefficient (Wildman–Crippen LogP) is 2.09. The molecule has 1 aliphatic heterocycles. The van der Waals surface area contributed by atoms with Crippen LogP contribution >= 0.6 is 0 Å². The van der Waals surface area contributed by atoms with Crippen molar-refractivity contribution in [2.75, 3.05) is 4.90 Å². The molecular formula is C15H19FN2O2. The largest absolute Gasteiger partial charge is 0.342 e. The zero-order valence-electron chi connectivity index (χ0n) is 11.9. The lowest BCUT2D eigenvalue weighted by molar-refractivity contribution is -0.134. The van der Waals surface area contributed by atoms with E-state index in [1.807, 2.05) is 20.8 Å². The second-order valence-electron chi connectivity index (χ2n) is 5.34. The number of benzene rings is 1. The third kappa shape index (κ3) is 2.53. The minimum absolute atomic E-state index is 0.00667. The molecule has 5 heteroatoms. The van der Waals surface area contributed by atoms with Crippen molar-refractivity contribution in [1.82, 2.24) is 5.32 Å². The Morgan fingerprint density at radius 2 is 1.85 bits per heavy atom. The van der Waals surface area contributed by atoms with Crippen molar-refractivity contribution in [2.45, 2.75) is 39.3 Å². The second-order valence-corrected chi connectivity index (χ2v) is 5.34. The normalized spacial score (nSPS) is 23.1. The summed E-state index contributed by atoms with van der Waals surface area (Å²) in [5.74, 6) is -0.656. The van der Waals surface area contributed by atoms with Crippen molar-refractivity contribution in [3.63, 3.8) is 0 Å². The van der Waals surface area contributed by atoms with Gasteiger partial charge in [0.15, 0.2) is 0 Å². The summed E-state index contributed by atoms with van der Waals surface area (Å²) in [5, 5.41) is 2.77. The molecule has 0 aliphatic carbocycles. The number of hydrogen-bond acceptors (Lipinski definition) is 2. The minimum atomic E-state index is -0.539. The van der Waals surface area contributed by atoms with E-state index in [1.165, 1.54) is 29.2 Å². The first kappa shape index (κ1) is 14.5. The Morgan fingerprint density at radius 1 is 1.25 bits per heavy atom. The third-order valence-corrected chi connectivity index (χ3v) is 3.57. The molecule has 0 aromatic heterocycles. The zero-order valence-corrected chi connectivity index (χ0v) is 11.9. The Bertz CT molecular complexity index is 513. The van der Waals surface area contributed by atoms with Crippen molar-refractivity contribution < 1.29 is 14.0 Å². The quantitative estimate of drug-likeness (QED) is 0.920. The maximum Gasteiger partial charge on any atom is 0.250 e. The molecule has 2 unspecified atom stereocenters. The van der Waals surface area contributed by atoms with Crippen LogP contribution in [0.4, 0.5) is 10.1 Å². The Balaban J connectivity index is 2.41. The summed E-state index contributed by atoms with van der Waals surface area (Å²) in [7, 11) is 0. The molecule has 1 aromatic carbocycles. The molecule has 1 fully saturated rings. The number of piperazine rings is 1. The number of halogens is 1. The van der Waals surface area contributed by atoms with Crippen LogP contribution in [0.3, 0.4) is 0 Å². The number of nitrogens with zero attached hydrogens (tertiary/aromatic N) is 1. The number of carbonyl (C=O) groups excluding carboxylic acids is 2. The first-order valence-electron chi connectivity index (χ1n) is 6.84. The maximum atomic E-state index is 13.0. The summed E-state index contributed by atoms with van der Waals surface area (Å²) < 4.78 is 13.0. The molecule has 0 radical (unpaired) electrons. The van der Waals surface area contributed by atoms with Crippen molar-refractivity contribution in [3.8, 4) is 0 Å². The molecule has 1 heterocycles. The van der Waals surface area contributed by atoms with E-state index in [0.29, 0.717) is 12.1 Å². The fourth-order valence-corrected chi connectivity index (χ4v) is 2.46. The highest BCUT2D eigenvalue weighted by Crippen LogP contribution is 2.25. The van der Waals surface area contributed by atoms with Crippen LogP contribution in [-0.4, -0.2) is 23.9 Å². The molecule has 20 heavy (non-hydrogen) atoms. The lowest BCUT2D eigenvalue weighted by Crippen LogP contribution is -2.64. The fraction of sp³-hybridized carbons (Fsp3) is 0.467. The van der Waals surface area contributed by atoms with Crippen LogP contribution in [-0.2, 0) is 9.59 Å². The number of anilines is 1.